The molecule has 1 aromatic carbocycles. The number of aryl methyl sites for hydroxylation is 1. The fourth-order valence-corrected chi connectivity index (χ4v) is 1.99. The first-order chi connectivity index (χ1) is 8.28. The molecule has 0 aliphatic carbocycles. The predicted octanol–water partition coefficient (Wildman–Crippen LogP) is 3.25. The molecule has 3 aromatic rings. The molecule has 84 valence electrons. The Bertz CT molecular complexity index is 691. The second kappa shape index (κ2) is 3.63. The molecular formula is C14H11NO2. The van der Waals surface area contributed by atoms with Crippen LogP contribution in [-0.2, 0) is 7.05 Å². The third-order valence-electron chi connectivity index (χ3n) is 2.92. The molecule has 0 aliphatic heterocycles. The largest absolute Gasteiger partial charge is 0.453 e. The minimum Gasteiger partial charge on any atom is -0.453 e. The quantitative estimate of drug-likeness (QED) is 0.627. The number of carbonyl (C=O) groups is 1. The smallest absolute Gasteiger partial charge is 0.185 e. The lowest BCUT2D eigenvalue weighted by Gasteiger charge is -2.00. The number of hydrogen-bond acceptors (Lipinski definition) is 2. The van der Waals surface area contributed by atoms with Crippen molar-refractivity contribution in [2.45, 2.75) is 0 Å². The van der Waals surface area contributed by atoms with Gasteiger partial charge in [-0.3, -0.25) is 4.79 Å². The van der Waals surface area contributed by atoms with E-state index in [1.54, 1.807) is 6.07 Å². The average Bonchev–Trinajstić information content (AvgIpc) is 2.96. The first kappa shape index (κ1) is 9.90. The van der Waals surface area contributed by atoms with Crippen LogP contribution in [0.25, 0.3) is 22.2 Å². The fourth-order valence-electron chi connectivity index (χ4n) is 1.99. The molecule has 0 radical (unpaired) electrons. The molecule has 3 nitrogen and oxygen atoms in total. The van der Waals surface area contributed by atoms with E-state index in [0.717, 1.165) is 16.8 Å². The van der Waals surface area contributed by atoms with E-state index in [4.69, 9.17) is 4.42 Å². The Hall–Kier alpha value is -2.29. The summed E-state index contributed by atoms with van der Waals surface area (Å²) in [5, 5.41) is 1.19. The summed E-state index contributed by atoms with van der Waals surface area (Å²) in [5.74, 6) is 1.07. The van der Waals surface area contributed by atoms with Crippen molar-refractivity contribution in [3.63, 3.8) is 0 Å². The van der Waals surface area contributed by atoms with Crippen molar-refractivity contribution in [2.75, 3.05) is 0 Å². The lowest BCUT2D eigenvalue weighted by atomic mass is 10.1. The SMILES string of the molecule is Cn1ccc2ccc(-c3ccc(C=O)o3)cc21. The van der Waals surface area contributed by atoms with Gasteiger partial charge in [0, 0.05) is 24.3 Å². The Morgan fingerprint density at radius 3 is 2.82 bits per heavy atom. The van der Waals surface area contributed by atoms with Gasteiger partial charge in [-0.2, -0.15) is 0 Å². The zero-order valence-electron chi connectivity index (χ0n) is 9.38. The van der Waals surface area contributed by atoms with Crippen LogP contribution in [0.4, 0.5) is 0 Å². The third-order valence-corrected chi connectivity index (χ3v) is 2.92. The van der Waals surface area contributed by atoms with Gasteiger partial charge in [0.15, 0.2) is 12.0 Å². The number of furan rings is 1. The first-order valence-corrected chi connectivity index (χ1v) is 5.38. The van der Waals surface area contributed by atoms with Crippen LogP contribution in [-0.4, -0.2) is 10.9 Å². The van der Waals surface area contributed by atoms with E-state index in [0.29, 0.717) is 12.0 Å². The zero-order valence-corrected chi connectivity index (χ0v) is 9.38. The number of nitrogens with zero attached hydrogens (tertiary/aromatic N) is 1. The lowest BCUT2D eigenvalue weighted by Crippen LogP contribution is -1.84. The van der Waals surface area contributed by atoms with E-state index < -0.39 is 0 Å². The normalized spacial score (nSPS) is 10.9. The van der Waals surface area contributed by atoms with Gasteiger partial charge in [0.25, 0.3) is 0 Å². The summed E-state index contributed by atoms with van der Waals surface area (Å²) < 4.78 is 7.46. The van der Waals surface area contributed by atoms with E-state index in [1.807, 2.05) is 31.4 Å². The zero-order chi connectivity index (χ0) is 11.8. The van der Waals surface area contributed by atoms with Crippen molar-refractivity contribution in [1.29, 1.82) is 0 Å². The van der Waals surface area contributed by atoms with E-state index in [9.17, 15) is 4.79 Å². The second-order valence-electron chi connectivity index (χ2n) is 4.02. The minimum atomic E-state index is 0.354. The van der Waals surface area contributed by atoms with Gasteiger partial charge in [-0.05, 0) is 29.7 Å². The molecule has 0 amide bonds. The molecule has 0 fully saturated rings. The molecule has 0 unspecified atom stereocenters. The highest BCUT2D eigenvalue weighted by molar-refractivity contribution is 5.85. The van der Waals surface area contributed by atoms with Gasteiger partial charge in [-0.25, -0.2) is 0 Å². The summed E-state index contributed by atoms with van der Waals surface area (Å²) in [6, 6.07) is 11.7. The van der Waals surface area contributed by atoms with Crippen LogP contribution in [0, 0.1) is 0 Å². The van der Waals surface area contributed by atoms with Gasteiger partial charge in [0.1, 0.15) is 5.76 Å². The highest BCUT2D eigenvalue weighted by Gasteiger charge is 2.06. The number of hydrogen-bond donors (Lipinski definition) is 0. The van der Waals surface area contributed by atoms with Crippen LogP contribution in [0.5, 0.6) is 0 Å². The minimum absolute atomic E-state index is 0.354. The van der Waals surface area contributed by atoms with Crippen molar-refractivity contribution in [2.24, 2.45) is 7.05 Å². The molecule has 0 N–H and O–H groups in total. The average molecular weight is 225 g/mol. The summed E-state index contributed by atoms with van der Waals surface area (Å²) in [4.78, 5) is 10.6. The van der Waals surface area contributed by atoms with E-state index >= 15 is 0 Å². The lowest BCUT2D eigenvalue weighted by molar-refractivity contribution is 0.110. The van der Waals surface area contributed by atoms with Crippen molar-refractivity contribution >= 4 is 17.2 Å². The van der Waals surface area contributed by atoms with Crippen LogP contribution in [0.15, 0.2) is 47.0 Å². The summed E-state index contributed by atoms with van der Waals surface area (Å²) in [6.07, 6.45) is 2.73. The van der Waals surface area contributed by atoms with Gasteiger partial charge in [0.05, 0.1) is 0 Å². The first-order valence-electron chi connectivity index (χ1n) is 5.38. The molecule has 2 heterocycles. The topological polar surface area (TPSA) is 35.1 Å². The van der Waals surface area contributed by atoms with Crippen LogP contribution in [0.1, 0.15) is 10.6 Å². The van der Waals surface area contributed by atoms with Gasteiger partial charge < -0.3 is 8.98 Å². The van der Waals surface area contributed by atoms with Crippen molar-refractivity contribution < 1.29 is 9.21 Å². The highest BCUT2D eigenvalue weighted by Crippen LogP contribution is 2.26. The Morgan fingerprint density at radius 2 is 2.06 bits per heavy atom. The number of fused-ring (bicyclic) bond motifs is 1. The number of carbonyl (C=O) groups excluding carboxylic acids is 1. The molecule has 0 atom stereocenters. The molecule has 0 aliphatic rings. The molecule has 0 spiro atoms. The van der Waals surface area contributed by atoms with Gasteiger partial charge in [0.2, 0.25) is 0 Å². The van der Waals surface area contributed by atoms with Gasteiger partial charge in [-0.1, -0.05) is 12.1 Å². The van der Waals surface area contributed by atoms with E-state index in [2.05, 4.69) is 16.7 Å². The Balaban J connectivity index is 2.16. The molecular weight excluding hydrogens is 214 g/mol. The Labute approximate surface area is 98.3 Å². The van der Waals surface area contributed by atoms with Gasteiger partial charge in [-0.15, -0.1) is 0 Å². The van der Waals surface area contributed by atoms with Crippen molar-refractivity contribution in [3.8, 4) is 11.3 Å². The maximum Gasteiger partial charge on any atom is 0.185 e. The summed E-state index contributed by atoms with van der Waals surface area (Å²) in [6.45, 7) is 0. The molecule has 3 heteroatoms. The summed E-state index contributed by atoms with van der Waals surface area (Å²) >= 11 is 0. The molecule has 2 aromatic heterocycles. The maximum atomic E-state index is 10.6. The number of aldehydes is 1. The summed E-state index contributed by atoms with van der Waals surface area (Å²) in [5.41, 5.74) is 2.12. The second-order valence-corrected chi connectivity index (χ2v) is 4.02. The number of benzene rings is 1. The summed E-state index contributed by atoms with van der Waals surface area (Å²) in [7, 11) is 2.01. The Kier molecular flexibility index (Phi) is 2.11. The predicted molar refractivity (Wildman–Crippen MR) is 66.0 cm³/mol. The van der Waals surface area contributed by atoms with E-state index in [-0.39, 0.29) is 0 Å². The van der Waals surface area contributed by atoms with Gasteiger partial charge >= 0.3 is 0 Å². The number of aromatic nitrogens is 1. The Morgan fingerprint density at radius 1 is 1.18 bits per heavy atom. The van der Waals surface area contributed by atoms with Crippen molar-refractivity contribution in [3.05, 3.63) is 48.4 Å². The van der Waals surface area contributed by atoms with Crippen LogP contribution < -0.4 is 0 Å². The fraction of sp³-hybridized carbons (Fsp3) is 0.0714. The van der Waals surface area contributed by atoms with E-state index in [1.165, 1.54) is 5.39 Å². The van der Waals surface area contributed by atoms with Crippen LogP contribution in [0.2, 0.25) is 0 Å². The van der Waals surface area contributed by atoms with Crippen LogP contribution in [0.3, 0.4) is 0 Å². The maximum absolute atomic E-state index is 10.6. The molecule has 3 rings (SSSR count). The molecule has 17 heavy (non-hydrogen) atoms. The monoisotopic (exact) mass is 225 g/mol. The number of rotatable bonds is 2. The third kappa shape index (κ3) is 1.56. The van der Waals surface area contributed by atoms with Crippen LogP contribution >= 0.6 is 0 Å². The molecule has 0 saturated heterocycles. The molecule has 0 bridgehead atoms. The highest BCUT2D eigenvalue weighted by atomic mass is 16.3. The standard InChI is InChI=1S/C14H11NO2/c1-15-7-6-10-2-3-11(8-13(10)15)14-5-4-12(9-16)17-14/h2-9H,1H3. The molecule has 0 saturated carbocycles. The van der Waals surface area contributed by atoms with Crippen molar-refractivity contribution in [1.82, 2.24) is 4.57 Å².